The molecule has 21 heavy (non-hydrogen) atoms. The summed E-state index contributed by atoms with van der Waals surface area (Å²) in [4.78, 5) is 27.9. The zero-order valence-corrected chi connectivity index (χ0v) is 12.5. The summed E-state index contributed by atoms with van der Waals surface area (Å²) in [6.45, 7) is 5.96. The average Bonchev–Trinajstić information content (AvgIpc) is 2.46. The molecule has 2 amide bonds. The molecule has 1 fully saturated rings. The predicted molar refractivity (Wildman–Crippen MR) is 82.6 cm³/mol. The Kier molecular flexibility index (Phi) is 4.35. The number of anilines is 2. The van der Waals surface area contributed by atoms with Gasteiger partial charge in [0.2, 0.25) is 5.91 Å². The van der Waals surface area contributed by atoms with Crippen LogP contribution in [0.2, 0.25) is 0 Å². The molecule has 0 aliphatic carbocycles. The summed E-state index contributed by atoms with van der Waals surface area (Å²) in [5, 5.41) is 0. The number of hydrogen-bond acceptors (Lipinski definition) is 4. The van der Waals surface area contributed by atoms with E-state index in [0.717, 1.165) is 0 Å². The zero-order chi connectivity index (χ0) is 15.6. The molecule has 0 atom stereocenters. The van der Waals surface area contributed by atoms with Crippen LogP contribution in [0.5, 0.6) is 0 Å². The highest BCUT2D eigenvalue weighted by molar-refractivity contribution is 5.99. The van der Waals surface area contributed by atoms with Gasteiger partial charge in [0.25, 0.3) is 5.91 Å². The number of piperazine rings is 1. The topological polar surface area (TPSA) is 92.7 Å². The van der Waals surface area contributed by atoms with E-state index >= 15 is 0 Å². The molecule has 2 rings (SSSR count). The third-order valence-corrected chi connectivity index (χ3v) is 3.68. The van der Waals surface area contributed by atoms with E-state index in [-0.39, 0.29) is 17.7 Å². The van der Waals surface area contributed by atoms with E-state index in [2.05, 4.69) is 0 Å². The number of benzene rings is 1. The Balaban J connectivity index is 2.02. The highest BCUT2D eigenvalue weighted by Gasteiger charge is 2.26. The van der Waals surface area contributed by atoms with Crippen LogP contribution in [0.25, 0.3) is 0 Å². The minimum absolute atomic E-state index is 0.0139. The molecule has 1 aromatic rings. The molecule has 1 heterocycles. The molecule has 4 N–H and O–H groups in total. The number of carbonyl (C=O) groups is 2. The predicted octanol–water partition coefficient (Wildman–Crippen LogP) is 0.791. The first-order valence-electron chi connectivity index (χ1n) is 7.13. The third-order valence-electron chi connectivity index (χ3n) is 3.68. The largest absolute Gasteiger partial charge is 0.399 e. The number of rotatable bonds is 2. The van der Waals surface area contributed by atoms with Crippen molar-refractivity contribution >= 4 is 23.2 Å². The molecule has 1 saturated heterocycles. The second-order valence-corrected chi connectivity index (χ2v) is 5.62. The molecule has 0 spiro atoms. The summed E-state index contributed by atoms with van der Waals surface area (Å²) in [5.41, 5.74) is 12.9. The lowest BCUT2D eigenvalue weighted by molar-refractivity contribution is -0.135. The van der Waals surface area contributed by atoms with Gasteiger partial charge in [-0.3, -0.25) is 9.59 Å². The SMILES string of the molecule is CC(C)C(=O)N1CCN(C(=O)c2ccc(N)cc2N)CC1. The molecule has 0 saturated carbocycles. The van der Waals surface area contributed by atoms with Crippen LogP contribution < -0.4 is 11.5 Å². The van der Waals surface area contributed by atoms with Crippen LogP contribution >= 0.6 is 0 Å². The second-order valence-electron chi connectivity index (χ2n) is 5.62. The van der Waals surface area contributed by atoms with Crippen LogP contribution in [-0.4, -0.2) is 47.8 Å². The number of amides is 2. The Bertz CT molecular complexity index is 549. The van der Waals surface area contributed by atoms with E-state index in [1.165, 1.54) is 0 Å². The number of nitrogens with zero attached hydrogens (tertiary/aromatic N) is 2. The number of hydrogen-bond donors (Lipinski definition) is 2. The first kappa shape index (κ1) is 15.2. The summed E-state index contributed by atoms with van der Waals surface area (Å²) >= 11 is 0. The van der Waals surface area contributed by atoms with Crippen molar-refractivity contribution in [3.8, 4) is 0 Å². The number of nitrogen functional groups attached to an aromatic ring is 2. The average molecular weight is 290 g/mol. The molecule has 0 aromatic heterocycles. The molecule has 0 bridgehead atoms. The lowest BCUT2D eigenvalue weighted by Crippen LogP contribution is -2.51. The van der Waals surface area contributed by atoms with Gasteiger partial charge in [-0.05, 0) is 18.2 Å². The van der Waals surface area contributed by atoms with E-state index in [1.807, 2.05) is 13.8 Å². The third kappa shape index (κ3) is 3.26. The van der Waals surface area contributed by atoms with Gasteiger partial charge in [-0.15, -0.1) is 0 Å². The quantitative estimate of drug-likeness (QED) is 0.788. The van der Waals surface area contributed by atoms with Gasteiger partial charge in [0.05, 0.1) is 5.56 Å². The van der Waals surface area contributed by atoms with Crippen molar-refractivity contribution in [2.45, 2.75) is 13.8 Å². The van der Waals surface area contributed by atoms with Crippen LogP contribution in [0.15, 0.2) is 18.2 Å². The number of carbonyl (C=O) groups excluding carboxylic acids is 2. The van der Waals surface area contributed by atoms with E-state index < -0.39 is 0 Å². The van der Waals surface area contributed by atoms with Crippen molar-refractivity contribution in [1.82, 2.24) is 9.80 Å². The Morgan fingerprint density at radius 3 is 2.14 bits per heavy atom. The Hall–Kier alpha value is -2.24. The molecule has 0 radical (unpaired) electrons. The van der Waals surface area contributed by atoms with Crippen molar-refractivity contribution in [2.75, 3.05) is 37.6 Å². The van der Waals surface area contributed by atoms with Gasteiger partial charge in [0.1, 0.15) is 0 Å². The maximum absolute atomic E-state index is 12.4. The summed E-state index contributed by atoms with van der Waals surface area (Å²) in [6, 6.07) is 4.91. The molecular formula is C15H22N4O2. The fraction of sp³-hybridized carbons (Fsp3) is 0.467. The highest BCUT2D eigenvalue weighted by atomic mass is 16.2. The molecule has 6 nitrogen and oxygen atoms in total. The van der Waals surface area contributed by atoms with E-state index in [0.29, 0.717) is 43.1 Å². The number of nitrogens with two attached hydrogens (primary N) is 2. The molecule has 114 valence electrons. The molecule has 6 heteroatoms. The monoisotopic (exact) mass is 290 g/mol. The summed E-state index contributed by atoms with van der Waals surface area (Å²) < 4.78 is 0. The van der Waals surface area contributed by atoms with Gasteiger partial charge in [-0.1, -0.05) is 13.8 Å². The van der Waals surface area contributed by atoms with Crippen molar-refractivity contribution < 1.29 is 9.59 Å². The maximum atomic E-state index is 12.4. The fourth-order valence-electron chi connectivity index (χ4n) is 2.44. The zero-order valence-electron chi connectivity index (χ0n) is 12.5. The van der Waals surface area contributed by atoms with Crippen LogP contribution in [0.4, 0.5) is 11.4 Å². The van der Waals surface area contributed by atoms with Gasteiger partial charge in [-0.2, -0.15) is 0 Å². The van der Waals surface area contributed by atoms with Crippen molar-refractivity contribution in [3.63, 3.8) is 0 Å². The van der Waals surface area contributed by atoms with E-state index in [9.17, 15) is 9.59 Å². The molecular weight excluding hydrogens is 268 g/mol. The van der Waals surface area contributed by atoms with E-state index in [4.69, 9.17) is 11.5 Å². The van der Waals surface area contributed by atoms with Crippen LogP contribution in [0, 0.1) is 5.92 Å². The minimum atomic E-state index is -0.107. The van der Waals surface area contributed by atoms with Crippen LogP contribution in [0.3, 0.4) is 0 Å². The lowest BCUT2D eigenvalue weighted by atomic mass is 10.1. The van der Waals surface area contributed by atoms with Gasteiger partial charge in [-0.25, -0.2) is 0 Å². The molecule has 0 unspecified atom stereocenters. The van der Waals surface area contributed by atoms with Crippen LogP contribution in [-0.2, 0) is 4.79 Å². The first-order chi connectivity index (χ1) is 9.90. The van der Waals surface area contributed by atoms with Gasteiger partial charge in [0.15, 0.2) is 0 Å². The van der Waals surface area contributed by atoms with Crippen molar-refractivity contribution in [1.29, 1.82) is 0 Å². The molecule has 1 aromatic carbocycles. The first-order valence-corrected chi connectivity index (χ1v) is 7.13. The maximum Gasteiger partial charge on any atom is 0.256 e. The van der Waals surface area contributed by atoms with Gasteiger partial charge >= 0.3 is 0 Å². The van der Waals surface area contributed by atoms with Gasteiger partial charge in [0, 0.05) is 43.5 Å². The van der Waals surface area contributed by atoms with Crippen LogP contribution in [0.1, 0.15) is 24.2 Å². The van der Waals surface area contributed by atoms with Crippen molar-refractivity contribution in [2.24, 2.45) is 5.92 Å². The second kappa shape index (κ2) is 6.03. The van der Waals surface area contributed by atoms with Gasteiger partial charge < -0.3 is 21.3 Å². The molecule has 1 aliphatic rings. The lowest BCUT2D eigenvalue weighted by Gasteiger charge is -2.35. The normalized spacial score (nSPS) is 15.4. The summed E-state index contributed by atoms with van der Waals surface area (Å²) in [5.74, 6) is 0.0123. The Morgan fingerprint density at radius 1 is 1.05 bits per heavy atom. The standard InChI is InChI=1S/C15H22N4O2/c1-10(2)14(20)18-5-7-19(8-6-18)15(21)12-4-3-11(16)9-13(12)17/h3-4,9-10H,5-8,16-17H2,1-2H3. The Morgan fingerprint density at radius 2 is 1.62 bits per heavy atom. The highest BCUT2D eigenvalue weighted by Crippen LogP contribution is 2.19. The smallest absolute Gasteiger partial charge is 0.256 e. The summed E-state index contributed by atoms with van der Waals surface area (Å²) in [6.07, 6.45) is 0. The minimum Gasteiger partial charge on any atom is -0.399 e. The molecule has 1 aliphatic heterocycles. The van der Waals surface area contributed by atoms with E-state index in [1.54, 1.807) is 28.0 Å². The summed E-state index contributed by atoms with van der Waals surface area (Å²) in [7, 11) is 0. The van der Waals surface area contributed by atoms with Crippen molar-refractivity contribution in [3.05, 3.63) is 23.8 Å². The Labute approximate surface area is 124 Å². The fourth-order valence-corrected chi connectivity index (χ4v) is 2.44.